The van der Waals surface area contributed by atoms with E-state index in [1.165, 1.54) is 4.40 Å². The molecule has 5 nitrogen and oxygen atoms in total. The Balaban J connectivity index is 1.38. The molecule has 1 N–H and O–H groups in total. The summed E-state index contributed by atoms with van der Waals surface area (Å²) in [6.07, 6.45) is 1.69. The summed E-state index contributed by atoms with van der Waals surface area (Å²) in [5.41, 5.74) is 0.493. The quantitative estimate of drug-likeness (QED) is 0.651. The normalized spacial score (nSPS) is 18.2. The lowest BCUT2D eigenvalue weighted by molar-refractivity contribution is -0.136. The van der Waals surface area contributed by atoms with Gasteiger partial charge in [0, 0.05) is 37.4 Å². The molecule has 8 heteroatoms. The van der Waals surface area contributed by atoms with Crippen LogP contribution in [0.4, 0.5) is 24.5 Å². The average molecular weight is 415 g/mol. The third-order valence-electron chi connectivity index (χ3n) is 6.06. The molecular formula is C22H24F3N5. The fraction of sp³-hybridized carbons (Fsp3) is 0.455. The maximum atomic E-state index is 14.1. The lowest BCUT2D eigenvalue weighted by atomic mass is 10.0. The highest BCUT2D eigenvalue weighted by molar-refractivity contribution is 5.67. The molecule has 1 aliphatic heterocycles. The molecule has 1 aromatic carbocycles. The first-order valence-corrected chi connectivity index (χ1v) is 10.5. The fourth-order valence-corrected chi connectivity index (χ4v) is 4.28. The van der Waals surface area contributed by atoms with Gasteiger partial charge < -0.3 is 10.2 Å². The number of piperidine rings is 1. The number of para-hydroxylation sites is 1. The second kappa shape index (κ2) is 7.49. The van der Waals surface area contributed by atoms with Crippen molar-refractivity contribution in [1.29, 1.82) is 0 Å². The standard InChI is InChI=1S/C22H24F3N5/c23-22(24,25)20-18(10-13-30-19(14-15-6-7-15)27-28-21(20)30)29-11-8-17(9-12-29)26-16-4-2-1-3-5-16/h1-5,10,13,15,17,26H,6-9,11-12,14H2. The Morgan fingerprint density at radius 2 is 1.70 bits per heavy atom. The molecular weight excluding hydrogens is 391 g/mol. The topological polar surface area (TPSA) is 45.5 Å². The third-order valence-corrected chi connectivity index (χ3v) is 6.06. The van der Waals surface area contributed by atoms with E-state index in [1.807, 2.05) is 35.2 Å². The van der Waals surface area contributed by atoms with Crippen LogP contribution in [-0.4, -0.2) is 33.7 Å². The van der Waals surface area contributed by atoms with Gasteiger partial charge in [-0.15, -0.1) is 10.2 Å². The van der Waals surface area contributed by atoms with Crippen molar-refractivity contribution in [1.82, 2.24) is 14.6 Å². The summed E-state index contributed by atoms with van der Waals surface area (Å²) >= 11 is 0. The predicted octanol–water partition coefficient (Wildman–Crippen LogP) is 4.78. The number of nitrogens with one attached hydrogen (secondary N) is 1. The van der Waals surface area contributed by atoms with Gasteiger partial charge in [-0.1, -0.05) is 18.2 Å². The van der Waals surface area contributed by atoms with Gasteiger partial charge in [-0.25, -0.2) is 0 Å². The molecule has 0 radical (unpaired) electrons. The van der Waals surface area contributed by atoms with Crippen LogP contribution >= 0.6 is 0 Å². The molecule has 2 aromatic heterocycles. The van der Waals surface area contributed by atoms with Crippen molar-refractivity contribution < 1.29 is 13.2 Å². The van der Waals surface area contributed by atoms with E-state index in [1.54, 1.807) is 12.3 Å². The van der Waals surface area contributed by atoms with Crippen LogP contribution in [0, 0.1) is 5.92 Å². The molecule has 2 aliphatic rings. The monoisotopic (exact) mass is 415 g/mol. The molecule has 0 amide bonds. The van der Waals surface area contributed by atoms with Crippen molar-refractivity contribution in [2.45, 2.75) is 44.3 Å². The van der Waals surface area contributed by atoms with Gasteiger partial charge in [0.2, 0.25) is 0 Å². The lowest BCUT2D eigenvalue weighted by Crippen LogP contribution is -2.40. The number of hydrogen-bond donors (Lipinski definition) is 1. The van der Waals surface area contributed by atoms with Crippen LogP contribution in [0.2, 0.25) is 0 Å². The first kappa shape index (κ1) is 19.2. The second-order valence-electron chi connectivity index (χ2n) is 8.30. The number of halogens is 3. The number of anilines is 2. The molecule has 3 heterocycles. The van der Waals surface area contributed by atoms with E-state index < -0.39 is 11.7 Å². The van der Waals surface area contributed by atoms with Crippen LogP contribution in [-0.2, 0) is 12.6 Å². The Bertz CT molecular complexity index is 1020. The van der Waals surface area contributed by atoms with Crippen molar-refractivity contribution in [3.8, 4) is 0 Å². The average Bonchev–Trinajstić information content (AvgIpc) is 3.46. The zero-order valence-electron chi connectivity index (χ0n) is 16.6. The molecule has 158 valence electrons. The molecule has 30 heavy (non-hydrogen) atoms. The molecule has 2 fully saturated rings. The number of alkyl halides is 3. The van der Waals surface area contributed by atoms with Gasteiger partial charge in [0.15, 0.2) is 5.65 Å². The molecule has 0 bridgehead atoms. The Hall–Kier alpha value is -2.77. The van der Waals surface area contributed by atoms with Crippen LogP contribution in [0.25, 0.3) is 5.65 Å². The van der Waals surface area contributed by atoms with Crippen molar-refractivity contribution >= 4 is 17.0 Å². The third kappa shape index (κ3) is 3.82. The summed E-state index contributed by atoms with van der Waals surface area (Å²) < 4.78 is 43.7. The van der Waals surface area contributed by atoms with Crippen molar-refractivity contribution in [2.24, 2.45) is 5.92 Å². The first-order valence-electron chi connectivity index (χ1n) is 10.5. The van der Waals surface area contributed by atoms with E-state index in [0.717, 1.165) is 31.4 Å². The van der Waals surface area contributed by atoms with E-state index >= 15 is 0 Å². The number of fused-ring (bicyclic) bond motifs is 1. The first-order chi connectivity index (χ1) is 14.5. The second-order valence-corrected chi connectivity index (χ2v) is 8.30. The van der Waals surface area contributed by atoms with Gasteiger partial charge in [0.1, 0.15) is 11.4 Å². The van der Waals surface area contributed by atoms with E-state index in [9.17, 15) is 13.2 Å². The number of nitrogens with zero attached hydrogens (tertiary/aromatic N) is 4. The van der Waals surface area contributed by atoms with Crippen LogP contribution < -0.4 is 10.2 Å². The van der Waals surface area contributed by atoms with E-state index in [0.29, 0.717) is 31.3 Å². The van der Waals surface area contributed by atoms with E-state index in [-0.39, 0.29) is 17.4 Å². The Kier molecular flexibility index (Phi) is 4.79. The smallest absolute Gasteiger partial charge is 0.382 e. The fourth-order valence-electron chi connectivity index (χ4n) is 4.28. The minimum atomic E-state index is -4.49. The molecule has 3 aromatic rings. The zero-order valence-corrected chi connectivity index (χ0v) is 16.6. The minimum Gasteiger partial charge on any atom is -0.382 e. The van der Waals surface area contributed by atoms with E-state index in [4.69, 9.17) is 0 Å². The van der Waals surface area contributed by atoms with Crippen LogP contribution in [0.5, 0.6) is 0 Å². The zero-order chi connectivity index (χ0) is 20.7. The van der Waals surface area contributed by atoms with Crippen molar-refractivity contribution in [2.75, 3.05) is 23.3 Å². The number of rotatable bonds is 5. The Morgan fingerprint density at radius 1 is 0.967 bits per heavy atom. The van der Waals surface area contributed by atoms with Gasteiger partial charge in [-0.3, -0.25) is 4.40 Å². The molecule has 5 rings (SSSR count). The van der Waals surface area contributed by atoms with E-state index in [2.05, 4.69) is 15.5 Å². The van der Waals surface area contributed by atoms with Gasteiger partial charge >= 0.3 is 6.18 Å². The minimum absolute atomic E-state index is 0.0832. The Labute approximate surface area is 172 Å². The molecule has 0 atom stereocenters. The maximum absolute atomic E-state index is 14.1. The molecule has 0 spiro atoms. The number of benzene rings is 1. The van der Waals surface area contributed by atoms with Gasteiger partial charge in [-0.05, 0) is 49.8 Å². The summed E-state index contributed by atoms with van der Waals surface area (Å²) in [5.74, 6) is 1.15. The van der Waals surface area contributed by atoms with Gasteiger partial charge in [0.05, 0.1) is 5.69 Å². The Morgan fingerprint density at radius 3 is 2.37 bits per heavy atom. The van der Waals surface area contributed by atoms with Gasteiger partial charge in [-0.2, -0.15) is 13.2 Å². The summed E-state index contributed by atoms with van der Waals surface area (Å²) in [5, 5.41) is 11.5. The van der Waals surface area contributed by atoms with Crippen LogP contribution in [0.3, 0.4) is 0 Å². The largest absolute Gasteiger partial charge is 0.422 e. The van der Waals surface area contributed by atoms with Crippen LogP contribution in [0.15, 0.2) is 42.6 Å². The highest BCUT2D eigenvalue weighted by atomic mass is 19.4. The van der Waals surface area contributed by atoms with Gasteiger partial charge in [0.25, 0.3) is 0 Å². The number of aromatic nitrogens is 3. The molecule has 1 aliphatic carbocycles. The predicted molar refractivity (Wildman–Crippen MR) is 110 cm³/mol. The highest BCUT2D eigenvalue weighted by Gasteiger charge is 2.40. The molecule has 1 saturated heterocycles. The summed E-state index contributed by atoms with van der Waals surface area (Å²) in [7, 11) is 0. The van der Waals surface area contributed by atoms with Crippen LogP contribution in [0.1, 0.15) is 37.1 Å². The highest BCUT2D eigenvalue weighted by Crippen LogP contribution is 2.40. The summed E-state index contributed by atoms with van der Waals surface area (Å²) in [6.45, 7) is 1.12. The maximum Gasteiger partial charge on any atom is 0.422 e. The lowest BCUT2D eigenvalue weighted by Gasteiger charge is -2.35. The molecule has 1 saturated carbocycles. The van der Waals surface area contributed by atoms with Crippen molar-refractivity contribution in [3.63, 3.8) is 0 Å². The molecule has 0 unspecified atom stereocenters. The summed E-state index contributed by atoms with van der Waals surface area (Å²) in [6, 6.07) is 11.7. The summed E-state index contributed by atoms with van der Waals surface area (Å²) in [4.78, 5) is 1.83. The number of pyridine rings is 1. The number of hydrogen-bond acceptors (Lipinski definition) is 4. The van der Waals surface area contributed by atoms with Crippen molar-refractivity contribution in [3.05, 3.63) is 54.0 Å². The SMILES string of the molecule is FC(F)(F)c1c(N2CCC(Nc3ccccc3)CC2)ccn2c(CC3CC3)nnc12.